The summed E-state index contributed by atoms with van der Waals surface area (Å²) in [6.45, 7) is 4.37. The third-order valence-corrected chi connectivity index (χ3v) is 5.35. The lowest BCUT2D eigenvalue weighted by molar-refractivity contribution is -0.135. The van der Waals surface area contributed by atoms with Gasteiger partial charge in [0.2, 0.25) is 17.7 Å². The summed E-state index contributed by atoms with van der Waals surface area (Å²) in [7, 11) is 0. The van der Waals surface area contributed by atoms with Crippen LogP contribution in [0.15, 0.2) is 27.5 Å². The van der Waals surface area contributed by atoms with Crippen molar-refractivity contribution in [1.82, 2.24) is 24.9 Å². The molecule has 2 aliphatic rings. The molecule has 142 valence electrons. The number of nitrogens with one attached hydrogen (secondary N) is 1. The molecule has 2 bridgehead atoms. The number of rotatable bonds is 3. The molecule has 0 unspecified atom stereocenters. The SMILES string of the molecule is CC(=O)N1C[C@H]2C[C@@H](C1)[C@H](C(=O)NCc1noc(C)n1)n1c2cccc1=O. The van der Waals surface area contributed by atoms with E-state index in [2.05, 4.69) is 15.5 Å². The van der Waals surface area contributed by atoms with Gasteiger partial charge in [-0.15, -0.1) is 0 Å². The predicted octanol–water partition coefficient (Wildman–Crippen LogP) is 0.363. The average molecular weight is 371 g/mol. The van der Waals surface area contributed by atoms with Crippen molar-refractivity contribution in [2.24, 2.45) is 5.92 Å². The second-order valence-corrected chi connectivity index (χ2v) is 7.17. The van der Waals surface area contributed by atoms with Crippen molar-refractivity contribution in [3.8, 4) is 0 Å². The van der Waals surface area contributed by atoms with E-state index in [0.717, 1.165) is 12.1 Å². The van der Waals surface area contributed by atoms with E-state index in [1.165, 1.54) is 13.0 Å². The second-order valence-electron chi connectivity index (χ2n) is 7.17. The molecule has 0 aromatic carbocycles. The van der Waals surface area contributed by atoms with Crippen molar-refractivity contribution >= 4 is 11.8 Å². The standard InChI is InChI=1S/C18H21N5O4/c1-10-20-15(21-27-10)7-19-18(26)17-13-6-12(8-22(9-13)11(2)24)14-4-3-5-16(25)23(14)17/h3-5,12-13,17H,6-9H2,1-2H3,(H,19,26)/t12-,13+,17-/m1/s1. The highest BCUT2D eigenvalue weighted by Crippen LogP contribution is 2.41. The van der Waals surface area contributed by atoms with Crippen LogP contribution in [-0.2, 0) is 16.1 Å². The van der Waals surface area contributed by atoms with Gasteiger partial charge in [0, 0.05) is 50.5 Å². The van der Waals surface area contributed by atoms with Gasteiger partial charge in [0.1, 0.15) is 6.04 Å². The summed E-state index contributed by atoms with van der Waals surface area (Å²) < 4.78 is 6.50. The summed E-state index contributed by atoms with van der Waals surface area (Å²) in [5.41, 5.74) is 0.606. The predicted molar refractivity (Wildman–Crippen MR) is 93.7 cm³/mol. The summed E-state index contributed by atoms with van der Waals surface area (Å²) in [5, 5.41) is 6.58. The van der Waals surface area contributed by atoms with E-state index < -0.39 is 6.04 Å². The molecule has 1 N–H and O–H groups in total. The lowest BCUT2D eigenvalue weighted by Gasteiger charge is -2.46. The van der Waals surface area contributed by atoms with Crippen LogP contribution >= 0.6 is 0 Å². The molecule has 0 spiro atoms. The zero-order valence-corrected chi connectivity index (χ0v) is 15.2. The number of likely N-dealkylation sites (tertiary alicyclic amines) is 1. The summed E-state index contributed by atoms with van der Waals surface area (Å²) in [4.78, 5) is 43.3. The van der Waals surface area contributed by atoms with Crippen LogP contribution < -0.4 is 10.9 Å². The van der Waals surface area contributed by atoms with Gasteiger partial charge in [0.25, 0.3) is 5.56 Å². The number of amides is 2. The molecule has 2 aliphatic heterocycles. The van der Waals surface area contributed by atoms with Gasteiger partial charge in [-0.25, -0.2) is 0 Å². The number of carbonyl (C=O) groups excluding carboxylic acids is 2. The minimum Gasteiger partial charge on any atom is -0.347 e. The van der Waals surface area contributed by atoms with Crippen LogP contribution in [-0.4, -0.2) is 44.5 Å². The van der Waals surface area contributed by atoms with E-state index in [9.17, 15) is 14.4 Å². The number of pyridine rings is 1. The van der Waals surface area contributed by atoms with Gasteiger partial charge in [-0.1, -0.05) is 11.2 Å². The molecule has 2 aromatic rings. The van der Waals surface area contributed by atoms with Crippen molar-refractivity contribution in [3.63, 3.8) is 0 Å². The number of hydrogen-bond acceptors (Lipinski definition) is 6. The Labute approximate surface area is 155 Å². The normalized spacial score (nSPS) is 23.6. The first-order valence-electron chi connectivity index (χ1n) is 8.98. The fourth-order valence-corrected chi connectivity index (χ4v) is 4.21. The minimum absolute atomic E-state index is 0.0159. The summed E-state index contributed by atoms with van der Waals surface area (Å²) >= 11 is 0. The zero-order valence-electron chi connectivity index (χ0n) is 15.2. The molecule has 2 aromatic heterocycles. The Bertz CT molecular complexity index is 949. The zero-order chi connectivity index (χ0) is 19.1. The third-order valence-electron chi connectivity index (χ3n) is 5.35. The summed E-state index contributed by atoms with van der Waals surface area (Å²) in [5.74, 6) is 0.450. The summed E-state index contributed by atoms with van der Waals surface area (Å²) in [6, 6.07) is 4.38. The van der Waals surface area contributed by atoms with Gasteiger partial charge in [0.05, 0.1) is 6.54 Å². The monoisotopic (exact) mass is 371 g/mol. The number of carbonyl (C=O) groups is 2. The summed E-state index contributed by atoms with van der Waals surface area (Å²) in [6.07, 6.45) is 0.770. The molecule has 9 heteroatoms. The Kier molecular flexibility index (Phi) is 4.29. The second kappa shape index (κ2) is 6.64. The van der Waals surface area contributed by atoms with Crippen molar-refractivity contribution in [2.45, 2.75) is 38.8 Å². The molecule has 4 heterocycles. The minimum atomic E-state index is -0.667. The van der Waals surface area contributed by atoms with Crippen LogP contribution in [0.4, 0.5) is 0 Å². The average Bonchev–Trinajstić information content (AvgIpc) is 3.06. The highest BCUT2D eigenvalue weighted by Gasteiger charge is 2.44. The highest BCUT2D eigenvalue weighted by molar-refractivity contribution is 5.81. The maximum absolute atomic E-state index is 13.0. The molecule has 0 radical (unpaired) electrons. The van der Waals surface area contributed by atoms with E-state index in [1.54, 1.807) is 22.5 Å². The molecule has 2 amide bonds. The van der Waals surface area contributed by atoms with Gasteiger partial charge >= 0.3 is 0 Å². The Morgan fingerprint density at radius 3 is 2.85 bits per heavy atom. The maximum Gasteiger partial charge on any atom is 0.251 e. The smallest absolute Gasteiger partial charge is 0.251 e. The number of aryl methyl sites for hydroxylation is 1. The van der Waals surface area contributed by atoms with Crippen molar-refractivity contribution < 1.29 is 14.1 Å². The van der Waals surface area contributed by atoms with Gasteiger partial charge in [-0.2, -0.15) is 4.98 Å². The first kappa shape index (κ1) is 17.4. The Morgan fingerprint density at radius 1 is 1.33 bits per heavy atom. The molecule has 1 fully saturated rings. The Balaban J connectivity index is 1.65. The van der Waals surface area contributed by atoms with Crippen LogP contribution in [0.25, 0.3) is 0 Å². The fourth-order valence-electron chi connectivity index (χ4n) is 4.21. The molecular weight excluding hydrogens is 350 g/mol. The van der Waals surface area contributed by atoms with Crippen molar-refractivity contribution in [2.75, 3.05) is 13.1 Å². The van der Waals surface area contributed by atoms with Crippen molar-refractivity contribution in [1.29, 1.82) is 0 Å². The number of hydrogen-bond donors (Lipinski definition) is 1. The van der Waals surface area contributed by atoms with Gasteiger partial charge in [0.15, 0.2) is 5.82 Å². The molecular formula is C18H21N5O4. The topological polar surface area (TPSA) is 110 Å². The lowest BCUT2D eigenvalue weighted by atomic mass is 9.78. The van der Waals surface area contributed by atoms with Crippen LogP contribution in [0.3, 0.4) is 0 Å². The van der Waals surface area contributed by atoms with E-state index in [-0.39, 0.29) is 35.8 Å². The first-order valence-corrected chi connectivity index (χ1v) is 8.98. The Morgan fingerprint density at radius 2 is 2.15 bits per heavy atom. The fraction of sp³-hybridized carbons (Fsp3) is 0.500. The molecule has 0 saturated carbocycles. The third kappa shape index (κ3) is 3.13. The van der Waals surface area contributed by atoms with E-state index in [0.29, 0.717) is 24.8 Å². The van der Waals surface area contributed by atoms with Crippen LogP contribution in [0.2, 0.25) is 0 Å². The van der Waals surface area contributed by atoms with E-state index in [1.807, 2.05) is 6.07 Å². The largest absolute Gasteiger partial charge is 0.347 e. The van der Waals surface area contributed by atoms with Crippen LogP contribution in [0.5, 0.6) is 0 Å². The van der Waals surface area contributed by atoms with Crippen LogP contribution in [0.1, 0.15) is 42.7 Å². The van der Waals surface area contributed by atoms with E-state index >= 15 is 0 Å². The first-order chi connectivity index (χ1) is 12.9. The highest BCUT2D eigenvalue weighted by atomic mass is 16.5. The quantitative estimate of drug-likeness (QED) is 0.834. The van der Waals surface area contributed by atoms with Crippen molar-refractivity contribution in [3.05, 3.63) is 46.0 Å². The number of nitrogens with zero attached hydrogens (tertiary/aromatic N) is 4. The molecule has 4 rings (SSSR count). The molecule has 9 nitrogen and oxygen atoms in total. The van der Waals surface area contributed by atoms with E-state index in [4.69, 9.17) is 4.52 Å². The molecule has 3 atom stereocenters. The lowest BCUT2D eigenvalue weighted by Crippen LogP contribution is -2.54. The molecule has 0 aliphatic carbocycles. The maximum atomic E-state index is 13.0. The molecule has 27 heavy (non-hydrogen) atoms. The number of piperidine rings is 1. The number of fused-ring (bicyclic) bond motifs is 4. The van der Waals surface area contributed by atoms with Gasteiger partial charge in [-0.3, -0.25) is 19.0 Å². The Hall–Kier alpha value is -2.97. The number of aromatic nitrogens is 3. The van der Waals surface area contributed by atoms with Gasteiger partial charge in [-0.05, 0) is 12.5 Å². The molecule has 1 saturated heterocycles. The van der Waals surface area contributed by atoms with Crippen LogP contribution in [0, 0.1) is 12.8 Å². The van der Waals surface area contributed by atoms with Gasteiger partial charge < -0.3 is 14.7 Å².